The highest BCUT2D eigenvalue weighted by molar-refractivity contribution is 7.89. The quantitative estimate of drug-likeness (QED) is 0.732. The van der Waals surface area contributed by atoms with Crippen LogP contribution in [-0.2, 0) is 10.0 Å². The maximum absolute atomic E-state index is 12.0. The van der Waals surface area contributed by atoms with Crippen molar-refractivity contribution in [3.63, 3.8) is 0 Å². The highest BCUT2D eigenvalue weighted by Gasteiger charge is 2.12. The van der Waals surface area contributed by atoms with E-state index in [0.717, 1.165) is 0 Å². The normalized spacial score (nSPS) is 11.1. The lowest BCUT2D eigenvalue weighted by Gasteiger charge is -2.08. The second kappa shape index (κ2) is 8.14. The predicted octanol–water partition coefficient (Wildman–Crippen LogP) is 2.06. The molecule has 0 bridgehead atoms. The lowest BCUT2D eigenvalue weighted by Crippen LogP contribution is -2.28. The minimum Gasteiger partial charge on any atom is -0.492 e. The summed E-state index contributed by atoms with van der Waals surface area (Å²) in [5, 5.41) is 3.27. The molecule has 0 spiro atoms. The molecule has 0 aliphatic heterocycles. The standard InChI is InChI=1S/C16H17ClN2O4S/c1-18-24(21,22)15-7-5-12(6-8-15)16(20)19-9-10-23-14-4-2-3-13(17)11-14/h2-8,11,18H,9-10H2,1H3,(H,19,20). The van der Waals surface area contributed by atoms with E-state index >= 15 is 0 Å². The minimum absolute atomic E-state index is 0.103. The molecule has 0 saturated heterocycles. The van der Waals surface area contributed by atoms with Crippen molar-refractivity contribution in [2.75, 3.05) is 20.2 Å². The van der Waals surface area contributed by atoms with E-state index in [4.69, 9.17) is 16.3 Å². The van der Waals surface area contributed by atoms with E-state index in [1.807, 2.05) is 0 Å². The van der Waals surface area contributed by atoms with Crippen LogP contribution in [0.5, 0.6) is 5.75 Å². The average Bonchev–Trinajstić information content (AvgIpc) is 2.58. The van der Waals surface area contributed by atoms with Crippen LogP contribution in [0.25, 0.3) is 0 Å². The Labute approximate surface area is 145 Å². The summed E-state index contributed by atoms with van der Waals surface area (Å²) in [5.74, 6) is 0.316. The van der Waals surface area contributed by atoms with Crippen LogP contribution < -0.4 is 14.8 Å². The van der Waals surface area contributed by atoms with Gasteiger partial charge in [-0.1, -0.05) is 17.7 Å². The van der Waals surface area contributed by atoms with Crippen molar-refractivity contribution in [2.24, 2.45) is 0 Å². The van der Waals surface area contributed by atoms with Crippen molar-refractivity contribution in [3.05, 3.63) is 59.1 Å². The van der Waals surface area contributed by atoms with Gasteiger partial charge in [-0.25, -0.2) is 13.1 Å². The summed E-state index contributed by atoms with van der Waals surface area (Å²) in [4.78, 5) is 12.1. The van der Waals surface area contributed by atoms with Gasteiger partial charge in [0.25, 0.3) is 5.91 Å². The van der Waals surface area contributed by atoms with E-state index in [9.17, 15) is 13.2 Å². The third-order valence-corrected chi connectivity index (χ3v) is 4.81. The van der Waals surface area contributed by atoms with Gasteiger partial charge in [-0.15, -0.1) is 0 Å². The van der Waals surface area contributed by atoms with Crippen molar-refractivity contribution >= 4 is 27.5 Å². The zero-order chi connectivity index (χ0) is 17.6. The molecule has 0 fully saturated rings. The average molecular weight is 369 g/mol. The number of benzene rings is 2. The summed E-state index contributed by atoms with van der Waals surface area (Å²) in [7, 11) is -2.18. The number of hydrogen-bond acceptors (Lipinski definition) is 4. The lowest BCUT2D eigenvalue weighted by atomic mass is 10.2. The molecule has 0 saturated carbocycles. The van der Waals surface area contributed by atoms with Crippen LogP contribution in [0.1, 0.15) is 10.4 Å². The van der Waals surface area contributed by atoms with Gasteiger partial charge >= 0.3 is 0 Å². The van der Waals surface area contributed by atoms with Crippen molar-refractivity contribution < 1.29 is 17.9 Å². The zero-order valence-corrected chi connectivity index (χ0v) is 14.5. The van der Waals surface area contributed by atoms with Crippen molar-refractivity contribution in [1.29, 1.82) is 0 Å². The van der Waals surface area contributed by atoms with E-state index in [1.165, 1.54) is 31.3 Å². The molecular weight excluding hydrogens is 352 g/mol. The third kappa shape index (κ3) is 4.95. The van der Waals surface area contributed by atoms with E-state index in [0.29, 0.717) is 22.9 Å². The second-order valence-corrected chi connectivity index (χ2v) is 7.12. The first kappa shape index (κ1) is 18.3. The third-order valence-electron chi connectivity index (χ3n) is 3.15. The molecule has 8 heteroatoms. The second-order valence-electron chi connectivity index (χ2n) is 4.79. The molecule has 2 aromatic carbocycles. The van der Waals surface area contributed by atoms with Crippen molar-refractivity contribution in [1.82, 2.24) is 10.0 Å². The van der Waals surface area contributed by atoms with Crippen LogP contribution in [0.15, 0.2) is 53.4 Å². The molecule has 0 atom stereocenters. The predicted molar refractivity (Wildman–Crippen MR) is 92.0 cm³/mol. The number of amides is 1. The molecule has 1 amide bonds. The highest BCUT2D eigenvalue weighted by atomic mass is 35.5. The van der Waals surface area contributed by atoms with E-state index in [1.54, 1.807) is 24.3 Å². The summed E-state index contributed by atoms with van der Waals surface area (Å²) in [5.41, 5.74) is 0.368. The minimum atomic E-state index is -3.51. The van der Waals surface area contributed by atoms with Crippen LogP contribution in [0.4, 0.5) is 0 Å². The number of halogens is 1. The summed E-state index contributed by atoms with van der Waals surface area (Å²) in [6, 6.07) is 12.6. The Morgan fingerprint density at radius 3 is 2.50 bits per heavy atom. The SMILES string of the molecule is CNS(=O)(=O)c1ccc(C(=O)NCCOc2cccc(Cl)c2)cc1. The highest BCUT2D eigenvalue weighted by Crippen LogP contribution is 2.16. The summed E-state index contributed by atoms with van der Waals surface area (Å²) < 4.78 is 30.9. The van der Waals surface area contributed by atoms with Gasteiger partial charge in [-0.2, -0.15) is 0 Å². The van der Waals surface area contributed by atoms with Crippen LogP contribution in [0, 0.1) is 0 Å². The van der Waals surface area contributed by atoms with Gasteiger partial charge in [-0.05, 0) is 49.5 Å². The van der Waals surface area contributed by atoms with Gasteiger partial charge in [0, 0.05) is 10.6 Å². The summed E-state index contributed by atoms with van der Waals surface area (Å²) in [6.45, 7) is 0.597. The molecule has 0 unspecified atom stereocenters. The fraction of sp³-hybridized carbons (Fsp3) is 0.188. The molecule has 0 aliphatic rings. The Morgan fingerprint density at radius 2 is 1.88 bits per heavy atom. The molecule has 24 heavy (non-hydrogen) atoms. The number of sulfonamides is 1. The molecule has 0 aliphatic carbocycles. The number of rotatable bonds is 7. The molecular formula is C16H17ClN2O4S. The van der Waals surface area contributed by atoms with Crippen LogP contribution >= 0.6 is 11.6 Å². The fourth-order valence-electron chi connectivity index (χ4n) is 1.90. The molecule has 0 heterocycles. The Kier molecular flexibility index (Phi) is 6.19. The molecule has 2 N–H and O–H groups in total. The number of hydrogen-bond donors (Lipinski definition) is 2. The van der Waals surface area contributed by atoms with E-state index in [2.05, 4.69) is 10.0 Å². The first-order valence-electron chi connectivity index (χ1n) is 7.12. The monoisotopic (exact) mass is 368 g/mol. The largest absolute Gasteiger partial charge is 0.492 e. The van der Waals surface area contributed by atoms with Crippen LogP contribution in [0.3, 0.4) is 0 Å². The van der Waals surface area contributed by atoms with Crippen LogP contribution in [0.2, 0.25) is 5.02 Å². The van der Waals surface area contributed by atoms with E-state index in [-0.39, 0.29) is 17.4 Å². The van der Waals surface area contributed by atoms with Gasteiger partial charge in [0.2, 0.25) is 10.0 Å². The lowest BCUT2D eigenvalue weighted by molar-refractivity contribution is 0.0947. The molecule has 128 valence electrons. The first-order chi connectivity index (χ1) is 11.4. The Balaban J connectivity index is 1.84. The van der Waals surface area contributed by atoms with E-state index < -0.39 is 10.0 Å². The van der Waals surface area contributed by atoms with Gasteiger partial charge in [-0.3, -0.25) is 4.79 Å². The van der Waals surface area contributed by atoms with Crippen LogP contribution in [-0.4, -0.2) is 34.5 Å². The van der Waals surface area contributed by atoms with Gasteiger partial charge < -0.3 is 10.1 Å². The smallest absolute Gasteiger partial charge is 0.251 e. The summed E-state index contributed by atoms with van der Waals surface area (Å²) >= 11 is 5.85. The molecule has 2 rings (SSSR count). The number of carbonyl (C=O) groups is 1. The summed E-state index contributed by atoms with van der Waals surface area (Å²) in [6.07, 6.45) is 0. The first-order valence-corrected chi connectivity index (χ1v) is 8.98. The Hall–Kier alpha value is -2.09. The molecule has 0 aromatic heterocycles. The number of carbonyl (C=O) groups excluding carboxylic acids is 1. The maximum Gasteiger partial charge on any atom is 0.251 e. The van der Waals surface area contributed by atoms with Gasteiger partial charge in [0.1, 0.15) is 12.4 Å². The zero-order valence-electron chi connectivity index (χ0n) is 13.0. The van der Waals surface area contributed by atoms with Gasteiger partial charge in [0.05, 0.1) is 11.4 Å². The Morgan fingerprint density at radius 1 is 1.17 bits per heavy atom. The molecule has 6 nitrogen and oxygen atoms in total. The fourth-order valence-corrected chi connectivity index (χ4v) is 2.81. The number of ether oxygens (including phenoxy) is 1. The van der Waals surface area contributed by atoms with Gasteiger partial charge in [0.15, 0.2) is 0 Å². The molecule has 2 aromatic rings. The van der Waals surface area contributed by atoms with Crippen molar-refractivity contribution in [3.8, 4) is 5.75 Å². The topological polar surface area (TPSA) is 84.5 Å². The Bertz CT molecular complexity index is 807. The van der Waals surface area contributed by atoms with Crippen molar-refractivity contribution in [2.45, 2.75) is 4.90 Å². The molecule has 0 radical (unpaired) electrons. The number of nitrogens with one attached hydrogen (secondary N) is 2. The maximum atomic E-state index is 12.0.